The van der Waals surface area contributed by atoms with E-state index in [1.54, 1.807) is 25.3 Å². The third-order valence-electron chi connectivity index (χ3n) is 6.76. The summed E-state index contributed by atoms with van der Waals surface area (Å²) in [5.41, 5.74) is 1.11. The molecule has 2 aromatic rings. The van der Waals surface area contributed by atoms with Crippen LogP contribution >= 0.6 is 0 Å². The van der Waals surface area contributed by atoms with E-state index in [0.717, 1.165) is 64.2 Å². The Morgan fingerprint density at radius 1 is 0.581 bits per heavy atom. The van der Waals surface area contributed by atoms with E-state index in [1.165, 1.54) is 0 Å². The molecule has 0 radical (unpaired) electrons. The maximum atomic E-state index is 13.9. The fourth-order valence-corrected chi connectivity index (χ4v) is 4.10. The van der Waals surface area contributed by atoms with Crippen LogP contribution in [0.25, 0.3) is 6.08 Å². The van der Waals surface area contributed by atoms with E-state index in [0.29, 0.717) is 78.7 Å². The third kappa shape index (κ3) is 12.4. The highest BCUT2D eigenvalue weighted by Crippen LogP contribution is 2.39. The molecule has 0 unspecified atom stereocenters. The highest BCUT2D eigenvalue weighted by atomic mass is 16.5. The predicted molar refractivity (Wildman–Crippen MR) is 175 cm³/mol. The van der Waals surface area contributed by atoms with Crippen molar-refractivity contribution >= 4 is 11.9 Å². The number of carbonyl (C=O) groups excluding carboxylic acids is 1. The number of hydrogen-bond donors (Lipinski definition) is 0. The molecule has 240 valence electrons. The van der Waals surface area contributed by atoms with E-state index in [2.05, 4.69) is 34.6 Å². The fourth-order valence-electron chi connectivity index (χ4n) is 4.10. The number of ether oxygens (including phenoxy) is 6. The van der Waals surface area contributed by atoms with Crippen LogP contribution in [0.15, 0.2) is 30.3 Å². The first kappa shape index (κ1) is 35.8. The summed E-state index contributed by atoms with van der Waals surface area (Å²) in [6.07, 6.45) is 12.9. The molecule has 0 aliphatic heterocycles. The number of unbranched alkanes of at least 4 members (excludes halogenated alkanes) is 5. The Labute approximate surface area is 259 Å². The summed E-state index contributed by atoms with van der Waals surface area (Å²) in [6.45, 7) is 13.3. The molecule has 0 fully saturated rings. The van der Waals surface area contributed by atoms with E-state index in [-0.39, 0.29) is 5.78 Å². The van der Waals surface area contributed by atoms with Crippen LogP contribution in [0.1, 0.15) is 115 Å². The van der Waals surface area contributed by atoms with Crippen LogP contribution in [-0.2, 0) is 0 Å². The van der Waals surface area contributed by atoms with Crippen LogP contribution < -0.4 is 28.4 Å². The molecule has 7 nitrogen and oxygen atoms in total. The molecule has 0 heterocycles. The molecule has 7 heteroatoms. The first-order valence-electron chi connectivity index (χ1n) is 16.3. The zero-order chi connectivity index (χ0) is 31.3. The van der Waals surface area contributed by atoms with Gasteiger partial charge in [0.1, 0.15) is 11.5 Å². The van der Waals surface area contributed by atoms with Crippen LogP contribution in [0.5, 0.6) is 34.5 Å². The predicted octanol–water partition coefficient (Wildman–Crippen LogP) is 9.49. The number of rotatable bonds is 24. The summed E-state index contributed by atoms with van der Waals surface area (Å²) in [7, 11) is 1.61. The molecule has 0 spiro atoms. The molecule has 2 aromatic carbocycles. The number of methoxy groups -OCH3 is 1. The van der Waals surface area contributed by atoms with Gasteiger partial charge in [0.05, 0.1) is 45.7 Å². The molecule has 0 amide bonds. The standard InChI is InChI=1S/C36H54O7/c1-7-12-19-39-29-24-28(35(33(26-29)38-6)42-22-15-10-4)17-18-32(37)31-25-30(40-20-13-8-2)27-34(41-21-14-9-3)36(31)43-23-16-11-5/h17-18,24-27H,7-16,19-23H2,1-6H3. The lowest BCUT2D eigenvalue weighted by Gasteiger charge is -2.18. The highest BCUT2D eigenvalue weighted by molar-refractivity contribution is 6.09. The van der Waals surface area contributed by atoms with Crippen LogP contribution in [0.4, 0.5) is 0 Å². The van der Waals surface area contributed by atoms with Gasteiger partial charge >= 0.3 is 0 Å². The molecule has 0 bridgehead atoms. The van der Waals surface area contributed by atoms with Gasteiger partial charge in [0.15, 0.2) is 28.8 Å². The number of ketones is 1. The van der Waals surface area contributed by atoms with Crippen molar-refractivity contribution in [2.24, 2.45) is 0 Å². The van der Waals surface area contributed by atoms with Gasteiger partial charge in [-0.25, -0.2) is 0 Å². The van der Waals surface area contributed by atoms with E-state index < -0.39 is 0 Å². The number of hydrogen-bond acceptors (Lipinski definition) is 7. The molecule has 0 aliphatic carbocycles. The fraction of sp³-hybridized carbons (Fsp3) is 0.583. The zero-order valence-electron chi connectivity index (χ0n) is 27.4. The first-order valence-corrected chi connectivity index (χ1v) is 16.3. The van der Waals surface area contributed by atoms with Crippen LogP contribution in [0.3, 0.4) is 0 Å². The second kappa shape index (κ2) is 21.4. The number of benzene rings is 2. The van der Waals surface area contributed by atoms with Gasteiger partial charge in [0, 0.05) is 17.7 Å². The quantitative estimate of drug-likeness (QED) is 0.0677. The van der Waals surface area contributed by atoms with Crippen molar-refractivity contribution in [2.45, 2.75) is 98.8 Å². The summed E-state index contributed by atoms with van der Waals surface area (Å²) in [5, 5.41) is 0. The Hall–Kier alpha value is -3.35. The van der Waals surface area contributed by atoms with Gasteiger partial charge in [0.25, 0.3) is 0 Å². The Balaban J connectivity index is 2.55. The summed E-state index contributed by atoms with van der Waals surface area (Å²) < 4.78 is 36.2. The lowest BCUT2D eigenvalue weighted by Crippen LogP contribution is -2.09. The van der Waals surface area contributed by atoms with Gasteiger partial charge in [-0.3, -0.25) is 4.79 Å². The summed E-state index contributed by atoms with van der Waals surface area (Å²) in [4.78, 5) is 13.9. The SMILES string of the molecule is CCCCOc1cc(C=CC(=O)c2cc(OCCCC)cc(OCCCC)c2OCCCC)c(OCCCC)c(OC)c1. The first-order chi connectivity index (χ1) is 21.0. The van der Waals surface area contributed by atoms with Gasteiger partial charge in [-0.15, -0.1) is 0 Å². The second-order valence-electron chi connectivity index (χ2n) is 10.5. The van der Waals surface area contributed by atoms with E-state index >= 15 is 0 Å². The smallest absolute Gasteiger partial charge is 0.189 e. The molecule has 0 aliphatic rings. The molecule has 43 heavy (non-hydrogen) atoms. The Morgan fingerprint density at radius 3 is 1.58 bits per heavy atom. The maximum absolute atomic E-state index is 13.9. The van der Waals surface area contributed by atoms with Crippen molar-refractivity contribution in [2.75, 3.05) is 40.1 Å². The molecular weight excluding hydrogens is 544 g/mol. The molecule has 0 saturated heterocycles. The average Bonchev–Trinajstić information content (AvgIpc) is 3.01. The van der Waals surface area contributed by atoms with E-state index in [9.17, 15) is 4.79 Å². The van der Waals surface area contributed by atoms with Gasteiger partial charge in [0.2, 0.25) is 0 Å². The van der Waals surface area contributed by atoms with Crippen molar-refractivity contribution in [1.82, 2.24) is 0 Å². The zero-order valence-corrected chi connectivity index (χ0v) is 27.4. The lowest BCUT2D eigenvalue weighted by molar-refractivity contribution is 0.104. The van der Waals surface area contributed by atoms with Crippen molar-refractivity contribution < 1.29 is 33.2 Å². The number of carbonyl (C=O) groups is 1. The van der Waals surface area contributed by atoms with Crippen molar-refractivity contribution in [3.8, 4) is 34.5 Å². The number of allylic oxidation sites excluding steroid dienone is 1. The van der Waals surface area contributed by atoms with Gasteiger partial charge in [-0.05, 0) is 56.4 Å². The molecule has 2 rings (SSSR count). The van der Waals surface area contributed by atoms with Crippen LogP contribution in [-0.4, -0.2) is 45.9 Å². The summed E-state index contributed by atoms with van der Waals surface area (Å²) in [5.74, 6) is 3.19. The second-order valence-corrected chi connectivity index (χ2v) is 10.5. The Morgan fingerprint density at radius 2 is 1.05 bits per heavy atom. The van der Waals surface area contributed by atoms with Gasteiger partial charge < -0.3 is 28.4 Å². The maximum Gasteiger partial charge on any atom is 0.189 e. The Bertz CT molecular complexity index is 1110. The van der Waals surface area contributed by atoms with Gasteiger partial charge in [-0.1, -0.05) is 66.7 Å². The average molecular weight is 599 g/mol. The Kier molecular flexibility index (Phi) is 17.8. The molecule has 0 aromatic heterocycles. The minimum Gasteiger partial charge on any atom is -0.493 e. The normalized spacial score (nSPS) is 11.0. The summed E-state index contributed by atoms with van der Waals surface area (Å²) in [6, 6.07) is 7.34. The highest BCUT2D eigenvalue weighted by Gasteiger charge is 2.20. The van der Waals surface area contributed by atoms with Crippen molar-refractivity contribution in [3.63, 3.8) is 0 Å². The molecule has 0 N–H and O–H groups in total. The van der Waals surface area contributed by atoms with Gasteiger partial charge in [-0.2, -0.15) is 0 Å². The third-order valence-corrected chi connectivity index (χ3v) is 6.76. The van der Waals surface area contributed by atoms with E-state index in [4.69, 9.17) is 28.4 Å². The minimum absolute atomic E-state index is 0.219. The van der Waals surface area contributed by atoms with Crippen LogP contribution in [0, 0.1) is 0 Å². The molecule has 0 saturated carbocycles. The van der Waals surface area contributed by atoms with Crippen LogP contribution in [0.2, 0.25) is 0 Å². The van der Waals surface area contributed by atoms with E-state index in [1.807, 2.05) is 18.2 Å². The van der Waals surface area contributed by atoms with Crippen molar-refractivity contribution in [1.29, 1.82) is 0 Å². The molecular formula is C36H54O7. The molecule has 0 atom stereocenters. The monoisotopic (exact) mass is 598 g/mol. The lowest BCUT2D eigenvalue weighted by atomic mass is 10.1. The minimum atomic E-state index is -0.219. The topological polar surface area (TPSA) is 72.5 Å². The largest absolute Gasteiger partial charge is 0.493 e. The van der Waals surface area contributed by atoms with Crippen molar-refractivity contribution in [3.05, 3.63) is 41.5 Å². The summed E-state index contributed by atoms with van der Waals surface area (Å²) >= 11 is 0.